The van der Waals surface area contributed by atoms with Gasteiger partial charge in [0.15, 0.2) is 5.13 Å². The molecule has 0 saturated heterocycles. The zero-order chi connectivity index (χ0) is 26.9. The van der Waals surface area contributed by atoms with Crippen molar-refractivity contribution in [2.24, 2.45) is 7.05 Å². The molecule has 13 heteroatoms. The highest BCUT2D eigenvalue weighted by molar-refractivity contribution is 8.02. The first kappa shape index (κ1) is 25.6. The molecular weight excluding hydrogens is 529 g/mol. The van der Waals surface area contributed by atoms with Crippen LogP contribution in [0.1, 0.15) is 34.3 Å². The lowest BCUT2D eigenvalue weighted by Gasteiger charge is -2.22. The van der Waals surface area contributed by atoms with Gasteiger partial charge in [-0.2, -0.15) is 10.4 Å². The molecule has 10 nitrogen and oxygen atoms in total. The molecule has 1 aliphatic rings. The van der Waals surface area contributed by atoms with E-state index >= 15 is 0 Å². The van der Waals surface area contributed by atoms with Crippen LogP contribution in [0.25, 0.3) is 10.9 Å². The zero-order valence-corrected chi connectivity index (χ0v) is 22.1. The summed E-state index contributed by atoms with van der Waals surface area (Å²) in [5.41, 5.74) is 0.191. The highest BCUT2D eigenvalue weighted by Gasteiger charge is 2.46. The lowest BCUT2D eigenvalue weighted by molar-refractivity contribution is 0.0949. The van der Waals surface area contributed by atoms with Crippen LogP contribution in [0.5, 0.6) is 5.88 Å². The first-order valence-corrected chi connectivity index (χ1v) is 13.2. The Bertz CT molecular complexity index is 1610. The van der Waals surface area contributed by atoms with Crippen molar-refractivity contribution in [2.75, 3.05) is 18.0 Å². The molecule has 0 atom stereocenters. The number of anilines is 1. The van der Waals surface area contributed by atoms with Gasteiger partial charge in [0.1, 0.15) is 29.6 Å². The van der Waals surface area contributed by atoms with Gasteiger partial charge in [0.05, 0.1) is 16.5 Å². The van der Waals surface area contributed by atoms with Crippen LogP contribution in [-0.2, 0) is 13.6 Å². The number of hydrogen-bond acceptors (Lipinski definition) is 10. The first-order chi connectivity index (χ1) is 18.3. The van der Waals surface area contributed by atoms with Gasteiger partial charge < -0.3 is 14.6 Å². The largest absolute Gasteiger partial charge is 0.474 e. The van der Waals surface area contributed by atoms with E-state index in [1.807, 2.05) is 16.7 Å². The maximum Gasteiger partial charge on any atom is 0.263 e. The van der Waals surface area contributed by atoms with Crippen molar-refractivity contribution in [1.29, 1.82) is 5.26 Å². The predicted molar refractivity (Wildman–Crippen MR) is 143 cm³/mol. The second kappa shape index (κ2) is 10.4. The van der Waals surface area contributed by atoms with Gasteiger partial charge in [-0.05, 0) is 48.6 Å². The van der Waals surface area contributed by atoms with Gasteiger partial charge in [-0.25, -0.2) is 9.37 Å². The fraction of sp³-hybridized carbons (Fsp3) is 0.280. The molecule has 0 bridgehead atoms. The summed E-state index contributed by atoms with van der Waals surface area (Å²) in [6.45, 7) is 0.361. The van der Waals surface area contributed by atoms with Gasteiger partial charge in [-0.1, -0.05) is 6.07 Å². The summed E-state index contributed by atoms with van der Waals surface area (Å²) in [6, 6.07) is 7.26. The number of halogens is 1. The molecule has 1 N–H and O–H groups in total. The number of thiazole rings is 1. The molecule has 4 aromatic rings. The number of pyridine rings is 1. The number of amides is 1. The van der Waals surface area contributed by atoms with Crippen LogP contribution in [0.3, 0.4) is 0 Å². The van der Waals surface area contributed by atoms with E-state index in [4.69, 9.17) is 10.00 Å². The van der Waals surface area contributed by atoms with E-state index in [-0.39, 0.29) is 28.3 Å². The van der Waals surface area contributed by atoms with E-state index in [1.54, 1.807) is 48.7 Å². The second-order valence-corrected chi connectivity index (χ2v) is 11.3. The molecule has 1 saturated carbocycles. The zero-order valence-electron chi connectivity index (χ0n) is 20.5. The maximum absolute atomic E-state index is 13.9. The molecule has 3 aromatic heterocycles. The number of aryl methyl sites for hydroxylation is 1. The number of ether oxygens (including phenoxy) is 1. The number of carbonyl (C=O) groups excluding carboxylic acids is 1. The normalized spacial score (nSPS) is 13.6. The van der Waals surface area contributed by atoms with Crippen molar-refractivity contribution >= 4 is 45.2 Å². The lowest BCUT2D eigenvalue weighted by atomic mass is 10.1. The van der Waals surface area contributed by atoms with Crippen molar-refractivity contribution < 1.29 is 13.9 Å². The van der Waals surface area contributed by atoms with E-state index in [1.165, 1.54) is 29.0 Å². The first-order valence-electron chi connectivity index (χ1n) is 11.6. The molecule has 1 aliphatic carbocycles. The van der Waals surface area contributed by atoms with Gasteiger partial charge in [-0.15, -0.1) is 16.4 Å². The van der Waals surface area contributed by atoms with Gasteiger partial charge in [-0.3, -0.25) is 13.9 Å². The highest BCUT2D eigenvalue weighted by atomic mass is 32.2. The van der Waals surface area contributed by atoms with Gasteiger partial charge >= 0.3 is 0 Å². The molecule has 0 spiro atoms. The van der Waals surface area contributed by atoms with E-state index in [0.29, 0.717) is 23.1 Å². The van der Waals surface area contributed by atoms with Crippen LogP contribution in [-0.4, -0.2) is 44.1 Å². The number of carbonyl (C=O) groups is 1. The minimum Gasteiger partial charge on any atom is -0.474 e. The highest BCUT2D eigenvalue weighted by Crippen LogP contribution is 2.50. The molecule has 3 heterocycles. The summed E-state index contributed by atoms with van der Waals surface area (Å²) in [6.07, 6.45) is 5.17. The number of nitrogens with one attached hydrogen (secondary N) is 1. The van der Waals surface area contributed by atoms with Crippen molar-refractivity contribution in [3.63, 3.8) is 0 Å². The molecule has 1 fully saturated rings. The Balaban J connectivity index is 1.32. The van der Waals surface area contributed by atoms with E-state index in [0.717, 1.165) is 18.0 Å². The number of nitriles is 1. The summed E-state index contributed by atoms with van der Waals surface area (Å²) >= 11 is 3.22. The number of benzene rings is 1. The Morgan fingerprint density at radius 2 is 2.21 bits per heavy atom. The van der Waals surface area contributed by atoms with Crippen LogP contribution in [0.2, 0.25) is 0 Å². The maximum atomic E-state index is 13.9. The van der Waals surface area contributed by atoms with Crippen LogP contribution < -0.4 is 19.9 Å². The summed E-state index contributed by atoms with van der Waals surface area (Å²) in [5.74, 6) is -1.07. The number of nitrogens with zero attached hydrogens (tertiary/aromatic N) is 6. The minimum absolute atomic E-state index is 0.0131. The molecule has 0 unspecified atom stereocenters. The average molecular weight is 552 g/mol. The van der Waals surface area contributed by atoms with Crippen LogP contribution >= 0.6 is 23.3 Å². The third kappa shape index (κ3) is 5.18. The third-order valence-corrected chi connectivity index (χ3v) is 8.47. The molecule has 38 heavy (non-hydrogen) atoms. The Hall–Kier alpha value is -4.02. The van der Waals surface area contributed by atoms with Crippen molar-refractivity contribution in [2.45, 2.75) is 24.1 Å². The minimum atomic E-state index is -0.673. The van der Waals surface area contributed by atoms with Crippen molar-refractivity contribution in [1.82, 2.24) is 25.1 Å². The Morgan fingerprint density at radius 1 is 1.39 bits per heavy atom. The molecule has 1 amide bonds. The summed E-state index contributed by atoms with van der Waals surface area (Å²) in [7, 11) is 3.51. The summed E-state index contributed by atoms with van der Waals surface area (Å²) in [4.78, 5) is 30.3. The SMILES string of the molecule is CN(SC1(COc2nncc3cc(C(=O)NCc4ccc(C#N)c(F)c4)c(=O)n(C)c23)CC1)c1nccs1. The topological polar surface area (TPSA) is 126 Å². The summed E-state index contributed by atoms with van der Waals surface area (Å²) < 4.78 is 23.2. The third-order valence-electron chi connectivity index (χ3n) is 6.14. The molecule has 194 valence electrons. The quantitative estimate of drug-likeness (QED) is 0.311. The lowest BCUT2D eigenvalue weighted by Crippen LogP contribution is -2.32. The van der Waals surface area contributed by atoms with Crippen LogP contribution in [0.15, 0.2) is 46.8 Å². The van der Waals surface area contributed by atoms with Crippen molar-refractivity contribution in [3.05, 3.63) is 74.9 Å². The number of aromatic nitrogens is 4. The van der Waals surface area contributed by atoms with Crippen molar-refractivity contribution in [3.8, 4) is 11.9 Å². The monoisotopic (exact) mass is 551 g/mol. The van der Waals surface area contributed by atoms with E-state index in [2.05, 4.69) is 20.5 Å². The van der Waals surface area contributed by atoms with E-state index in [9.17, 15) is 14.0 Å². The molecule has 5 rings (SSSR count). The fourth-order valence-electron chi connectivity index (χ4n) is 3.92. The van der Waals surface area contributed by atoms with Gasteiger partial charge in [0, 0.05) is 37.6 Å². The summed E-state index contributed by atoms with van der Waals surface area (Å²) in [5, 5.41) is 23.0. The molecular formula is C25H22FN7O3S2. The Labute approximate surface area is 225 Å². The van der Waals surface area contributed by atoms with Crippen LogP contribution in [0.4, 0.5) is 9.52 Å². The molecule has 0 radical (unpaired) electrons. The average Bonchev–Trinajstić information content (AvgIpc) is 3.44. The fourth-order valence-corrected chi connectivity index (χ4v) is 5.77. The molecule has 0 aliphatic heterocycles. The van der Waals surface area contributed by atoms with Gasteiger partial charge in [0.2, 0.25) is 0 Å². The standard InChI is InChI=1S/C25H22FN7O3S2/c1-32-20-17(10-18(23(32)35)21(34)29-12-15-3-4-16(11-27)19(26)9-15)13-30-31-22(20)36-14-25(5-6-25)38-33(2)24-28-7-8-37-24/h3-4,7-10,13H,5-6,12,14H2,1-2H3,(H,29,34). The smallest absolute Gasteiger partial charge is 0.263 e. The predicted octanol–water partition coefficient (Wildman–Crippen LogP) is 3.42. The Morgan fingerprint density at radius 3 is 2.89 bits per heavy atom. The number of rotatable bonds is 9. The van der Waals surface area contributed by atoms with E-state index < -0.39 is 17.3 Å². The Kier molecular flexibility index (Phi) is 7.00. The van der Waals surface area contributed by atoms with Gasteiger partial charge in [0.25, 0.3) is 17.3 Å². The molecule has 1 aromatic carbocycles. The number of fused-ring (bicyclic) bond motifs is 1. The van der Waals surface area contributed by atoms with Crippen LogP contribution in [0, 0.1) is 17.1 Å². The second-order valence-electron chi connectivity index (χ2n) is 8.86. The number of hydrogen-bond donors (Lipinski definition) is 1.